The van der Waals surface area contributed by atoms with Gasteiger partial charge in [0.1, 0.15) is 0 Å². The summed E-state index contributed by atoms with van der Waals surface area (Å²) in [6, 6.07) is 6.52. The van der Waals surface area contributed by atoms with Crippen LogP contribution in [-0.2, 0) is 6.18 Å². The lowest BCUT2D eigenvalue weighted by molar-refractivity contribution is -0.152. The molecule has 2 heterocycles. The van der Waals surface area contributed by atoms with E-state index < -0.39 is 40.0 Å². The number of aromatic hydroxyl groups is 2. The minimum atomic E-state index is -5.06. The molecule has 30 heavy (non-hydrogen) atoms. The quantitative estimate of drug-likeness (QED) is 0.395. The normalized spacial score (nSPS) is 11.9. The average molecular weight is 457 g/mol. The minimum absolute atomic E-state index is 0.170. The number of phenolic OH excluding ortho intramolecular Hbond substituents is 2. The number of halogens is 5. The number of aromatic nitrogens is 2. The Morgan fingerprint density at radius 2 is 1.80 bits per heavy atom. The maximum Gasteiger partial charge on any atom is 0.450 e. The second kappa shape index (κ2) is 6.96. The number of phenols is 2. The lowest BCUT2D eigenvalue weighted by Crippen LogP contribution is -2.15. The first-order chi connectivity index (χ1) is 14.1. The molecule has 154 valence electrons. The van der Waals surface area contributed by atoms with Crippen molar-refractivity contribution in [3.63, 3.8) is 0 Å². The Hall–Kier alpha value is -3.17. The molecule has 0 bridgehead atoms. The molecular formula is C19H9Cl2F3N2O4. The minimum Gasteiger partial charge on any atom is -0.504 e. The maximum absolute atomic E-state index is 13.7. The fraction of sp³-hybridized carbons (Fsp3) is 0.0526. The van der Waals surface area contributed by atoms with Gasteiger partial charge in [0.05, 0.1) is 32.9 Å². The number of fused-ring (bicyclic) bond motifs is 1. The van der Waals surface area contributed by atoms with Crippen molar-refractivity contribution in [2.75, 3.05) is 0 Å². The summed E-state index contributed by atoms with van der Waals surface area (Å²) in [6.45, 7) is 0. The zero-order chi connectivity index (χ0) is 21.8. The smallest absolute Gasteiger partial charge is 0.450 e. The Kier molecular flexibility index (Phi) is 4.67. The lowest BCUT2D eigenvalue weighted by Gasteiger charge is -2.12. The van der Waals surface area contributed by atoms with Crippen molar-refractivity contribution in [1.82, 2.24) is 9.78 Å². The van der Waals surface area contributed by atoms with E-state index >= 15 is 0 Å². The summed E-state index contributed by atoms with van der Waals surface area (Å²) in [5.74, 6) is -3.32. The van der Waals surface area contributed by atoms with E-state index in [1.807, 2.05) is 0 Å². The first kappa shape index (κ1) is 20.1. The van der Waals surface area contributed by atoms with Crippen LogP contribution in [0.3, 0.4) is 0 Å². The fourth-order valence-electron chi connectivity index (χ4n) is 2.92. The van der Waals surface area contributed by atoms with E-state index in [1.54, 1.807) is 6.07 Å². The van der Waals surface area contributed by atoms with E-state index in [0.717, 1.165) is 18.3 Å². The van der Waals surface area contributed by atoms with E-state index in [-0.39, 0.29) is 21.0 Å². The Balaban J connectivity index is 1.98. The van der Waals surface area contributed by atoms with E-state index in [2.05, 4.69) is 5.10 Å². The summed E-state index contributed by atoms with van der Waals surface area (Å²) in [5.41, 5.74) is -2.37. The summed E-state index contributed by atoms with van der Waals surface area (Å²) in [6.07, 6.45) is -2.80. The van der Waals surface area contributed by atoms with Crippen molar-refractivity contribution < 1.29 is 27.8 Å². The van der Waals surface area contributed by atoms with Crippen molar-refractivity contribution in [3.8, 4) is 28.3 Å². The highest BCUT2D eigenvalue weighted by atomic mass is 35.5. The molecule has 0 aliphatic carbocycles. The van der Waals surface area contributed by atoms with Crippen molar-refractivity contribution in [3.05, 3.63) is 68.8 Å². The third kappa shape index (κ3) is 3.25. The van der Waals surface area contributed by atoms with Crippen LogP contribution in [-0.4, -0.2) is 20.0 Å². The highest BCUT2D eigenvalue weighted by Gasteiger charge is 2.40. The molecule has 0 amide bonds. The fourth-order valence-corrected chi connectivity index (χ4v) is 3.21. The predicted molar refractivity (Wildman–Crippen MR) is 103 cm³/mol. The zero-order valence-corrected chi connectivity index (χ0v) is 16.0. The standard InChI is InChI=1S/C19H9Cl2F3N2O4/c20-11-3-1-9(5-12(11)21)26-7-8(6-25-26)14-15(28)10-2-4-13(27)16(29)17(10)30-18(14)19(22,23)24/h1-7,27,29H. The van der Waals surface area contributed by atoms with Crippen LogP contribution in [0.25, 0.3) is 27.8 Å². The van der Waals surface area contributed by atoms with Gasteiger partial charge in [0.2, 0.25) is 16.9 Å². The number of hydrogen-bond donors (Lipinski definition) is 2. The lowest BCUT2D eigenvalue weighted by atomic mass is 10.0. The third-order valence-electron chi connectivity index (χ3n) is 4.31. The number of alkyl halides is 3. The van der Waals surface area contributed by atoms with E-state index in [4.69, 9.17) is 27.6 Å². The van der Waals surface area contributed by atoms with Crippen LogP contribution < -0.4 is 5.43 Å². The van der Waals surface area contributed by atoms with Crippen LogP contribution in [0.5, 0.6) is 11.5 Å². The monoisotopic (exact) mass is 456 g/mol. The molecule has 4 rings (SSSR count). The number of benzene rings is 2. The van der Waals surface area contributed by atoms with Gasteiger partial charge in [-0.2, -0.15) is 18.3 Å². The summed E-state index contributed by atoms with van der Waals surface area (Å²) in [5, 5.41) is 23.5. The van der Waals surface area contributed by atoms with Crippen molar-refractivity contribution >= 4 is 34.2 Å². The van der Waals surface area contributed by atoms with Crippen molar-refractivity contribution in [2.45, 2.75) is 6.18 Å². The van der Waals surface area contributed by atoms with Crippen LogP contribution >= 0.6 is 23.2 Å². The molecule has 0 aliphatic rings. The van der Waals surface area contributed by atoms with Crippen LogP contribution in [0.2, 0.25) is 10.0 Å². The molecule has 2 aromatic heterocycles. The Bertz CT molecular complexity index is 1360. The second-order valence-corrected chi connectivity index (χ2v) is 7.03. The first-order valence-corrected chi connectivity index (χ1v) is 8.93. The van der Waals surface area contributed by atoms with Gasteiger partial charge < -0.3 is 14.6 Å². The molecule has 2 aromatic carbocycles. The number of rotatable bonds is 2. The van der Waals surface area contributed by atoms with Gasteiger partial charge in [-0.15, -0.1) is 0 Å². The van der Waals surface area contributed by atoms with E-state index in [0.29, 0.717) is 5.69 Å². The van der Waals surface area contributed by atoms with Crippen molar-refractivity contribution in [2.24, 2.45) is 0 Å². The molecule has 0 radical (unpaired) electrons. The zero-order valence-electron chi connectivity index (χ0n) is 14.5. The molecule has 0 saturated heterocycles. The molecule has 0 saturated carbocycles. The molecule has 0 aliphatic heterocycles. The topological polar surface area (TPSA) is 88.5 Å². The second-order valence-electron chi connectivity index (χ2n) is 6.22. The molecule has 2 N–H and O–H groups in total. The third-order valence-corrected chi connectivity index (χ3v) is 5.05. The van der Waals surface area contributed by atoms with Gasteiger partial charge >= 0.3 is 6.18 Å². The molecule has 0 fully saturated rings. The van der Waals surface area contributed by atoms with Gasteiger partial charge in [-0.05, 0) is 30.3 Å². The predicted octanol–water partition coefficient (Wildman–Crippen LogP) is 5.38. The number of hydrogen-bond acceptors (Lipinski definition) is 5. The highest BCUT2D eigenvalue weighted by Crippen LogP contribution is 2.41. The largest absolute Gasteiger partial charge is 0.504 e. The van der Waals surface area contributed by atoms with Gasteiger partial charge in [0.15, 0.2) is 11.3 Å². The Morgan fingerprint density at radius 3 is 2.47 bits per heavy atom. The molecule has 6 nitrogen and oxygen atoms in total. The SMILES string of the molecule is O=c1c(-c2cnn(-c3ccc(Cl)c(Cl)c3)c2)c(C(F)(F)F)oc2c(O)c(O)ccc12. The molecule has 4 aromatic rings. The average Bonchev–Trinajstić information content (AvgIpc) is 3.16. The van der Waals surface area contributed by atoms with Crippen molar-refractivity contribution in [1.29, 1.82) is 0 Å². The summed E-state index contributed by atoms with van der Waals surface area (Å²) < 4.78 is 47.1. The van der Waals surface area contributed by atoms with Gasteiger partial charge in [0, 0.05) is 11.8 Å². The van der Waals surface area contributed by atoms with Gasteiger partial charge in [-0.25, -0.2) is 4.68 Å². The van der Waals surface area contributed by atoms with E-state index in [9.17, 15) is 28.2 Å². The Labute approximate surface area is 175 Å². The van der Waals surface area contributed by atoms with Crippen LogP contribution in [0.15, 0.2) is 51.9 Å². The maximum atomic E-state index is 13.7. The Morgan fingerprint density at radius 1 is 1.07 bits per heavy atom. The van der Waals surface area contributed by atoms with Gasteiger partial charge in [-0.1, -0.05) is 23.2 Å². The van der Waals surface area contributed by atoms with Crippen LogP contribution in [0, 0.1) is 0 Å². The van der Waals surface area contributed by atoms with Gasteiger partial charge in [-0.3, -0.25) is 4.79 Å². The van der Waals surface area contributed by atoms with Crippen LogP contribution in [0.4, 0.5) is 13.2 Å². The molecule has 0 unspecified atom stereocenters. The molecule has 0 spiro atoms. The van der Waals surface area contributed by atoms with Crippen LogP contribution in [0.1, 0.15) is 5.76 Å². The summed E-state index contributed by atoms with van der Waals surface area (Å²) >= 11 is 11.8. The first-order valence-electron chi connectivity index (χ1n) is 8.17. The summed E-state index contributed by atoms with van der Waals surface area (Å²) in [4.78, 5) is 12.9. The molecular weight excluding hydrogens is 448 g/mol. The number of nitrogens with zero attached hydrogens (tertiary/aromatic N) is 2. The van der Waals surface area contributed by atoms with E-state index in [1.165, 1.54) is 23.0 Å². The van der Waals surface area contributed by atoms with Gasteiger partial charge in [0.25, 0.3) is 0 Å². The highest BCUT2D eigenvalue weighted by molar-refractivity contribution is 6.42. The summed E-state index contributed by atoms with van der Waals surface area (Å²) in [7, 11) is 0. The molecule has 11 heteroatoms. The molecule has 0 atom stereocenters.